The molecule has 3 heteroatoms. The number of rotatable bonds is 4. The van der Waals surface area contributed by atoms with Crippen molar-refractivity contribution in [3.05, 3.63) is 30.1 Å². The molecule has 0 amide bonds. The van der Waals surface area contributed by atoms with Gasteiger partial charge < -0.3 is 4.74 Å². The van der Waals surface area contributed by atoms with E-state index in [1.165, 1.54) is 0 Å². The van der Waals surface area contributed by atoms with E-state index in [2.05, 4.69) is 4.98 Å². The fraction of sp³-hybridized carbons (Fsp3) is 0.333. The fourth-order valence-corrected chi connectivity index (χ4v) is 0.878. The highest BCUT2D eigenvalue weighted by atomic mass is 16.5. The molecule has 1 atom stereocenters. The van der Waals surface area contributed by atoms with Crippen LogP contribution in [0.4, 0.5) is 0 Å². The first-order chi connectivity index (χ1) is 5.88. The fourth-order valence-electron chi connectivity index (χ4n) is 0.878. The van der Waals surface area contributed by atoms with Gasteiger partial charge in [-0.15, -0.1) is 0 Å². The maximum atomic E-state index is 10.4. The Morgan fingerprint density at radius 1 is 1.67 bits per heavy atom. The second kappa shape index (κ2) is 4.62. The molecule has 0 aromatic carbocycles. The molecule has 12 heavy (non-hydrogen) atoms. The van der Waals surface area contributed by atoms with Crippen LogP contribution in [0.3, 0.4) is 0 Å². The number of hydrogen-bond donors (Lipinski definition) is 0. The molecule has 0 bridgehead atoms. The van der Waals surface area contributed by atoms with Crippen molar-refractivity contribution in [2.45, 2.75) is 13.0 Å². The standard InChI is InChI=1S/C9H10NO2/c1-2-12-9(7-11)8-5-3-4-6-10-8/h3-6,9H,2H2,1H3. The maximum Gasteiger partial charge on any atom is 0.236 e. The van der Waals surface area contributed by atoms with E-state index in [9.17, 15) is 4.79 Å². The number of aromatic nitrogens is 1. The van der Waals surface area contributed by atoms with E-state index < -0.39 is 6.10 Å². The molecule has 0 saturated heterocycles. The molecule has 63 valence electrons. The Balaban J connectivity index is 2.73. The maximum absolute atomic E-state index is 10.4. The minimum absolute atomic E-state index is 0.483. The van der Waals surface area contributed by atoms with Gasteiger partial charge in [-0.05, 0) is 19.1 Å². The highest BCUT2D eigenvalue weighted by Crippen LogP contribution is 2.10. The first-order valence-corrected chi connectivity index (χ1v) is 3.78. The minimum atomic E-state index is -0.642. The smallest absolute Gasteiger partial charge is 0.236 e. The van der Waals surface area contributed by atoms with Gasteiger partial charge in [-0.3, -0.25) is 9.78 Å². The molecule has 0 N–H and O–H groups in total. The Hall–Kier alpha value is -1.22. The van der Waals surface area contributed by atoms with Gasteiger partial charge in [0.1, 0.15) is 0 Å². The molecule has 1 unspecified atom stereocenters. The van der Waals surface area contributed by atoms with E-state index in [1.807, 2.05) is 13.0 Å². The molecule has 1 aromatic rings. The van der Waals surface area contributed by atoms with Crippen LogP contribution >= 0.6 is 0 Å². The zero-order valence-corrected chi connectivity index (χ0v) is 6.86. The Kier molecular flexibility index (Phi) is 3.41. The van der Waals surface area contributed by atoms with Crippen LogP contribution in [0.2, 0.25) is 0 Å². The molecular weight excluding hydrogens is 154 g/mol. The second-order valence-electron chi connectivity index (χ2n) is 2.21. The van der Waals surface area contributed by atoms with Crippen LogP contribution in [0.5, 0.6) is 0 Å². The lowest BCUT2D eigenvalue weighted by Gasteiger charge is -2.07. The van der Waals surface area contributed by atoms with Gasteiger partial charge in [0.2, 0.25) is 6.29 Å². The summed E-state index contributed by atoms with van der Waals surface area (Å²) in [5.41, 5.74) is 0.606. The van der Waals surface area contributed by atoms with Crippen molar-refractivity contribution >= 4 is 6.29 Å². The van der Waals surface area contributed by atoms with Crippen molar-refractivity contribution in [3.8, 4) is 0 Å². The Morgan fingerprint density at radius 3 is 3.00 bits per heavy atom. The summed E-state index contributed by atoms with van der Waals surface area (Å²) in [6.45, 7) is 2.31. The van der Waals surface area contributed by atoms with Gasteiger partial charge in [0.25, 0.3) is 0 Å². The summed E-state index contributed by atoms with van der Waals surface area (Å²) in [5.74, 6) is 0. The SMILES string of the molecule is CCOC([C]=O)c1ccccn1. The summed E-state index contributed by atoms with van der Waals surface area (Å²) in [6, 6.07) is 5.34. The summed E-state index contributed by atoms with van der Waals surface area (Å²) in [7, 11) is 0. The van der Waals surface area contributed by atoms with E-state index in [-0.39, 0.29) is 0 Å². The highest BCUT2D eigenvalue weighted by Gasteiger charge is 2.10. The van der Waals surface area contributed by atoms with Crippen LogP contribution in [0.15, 0.2) is 24.4 Å². The number of carbonyl (C=O) groups excluding carboxylic acids is 1. The molecule has 1 radical (unpaired) electrons. The van der Waals surface area contributed by atoms with Crippen LogP contribution in [-0.2, 0) is 9.53 Å². The highest BCUT2D eigenvalue weighted by molar-refractivity contribution is 5.59. The lowest BCUT2D eigenvalue weighted by Crippen LogP contribution is -2.06. The number of hydrogen-bond acceptors (Lipinski definition) is 3. The molecule has 0 aliphatic carbocycles. The van der Waals surface area contributed by atoms with E-state index in [1.54, 1.807) is 24.6 Å². The molecule has 0 aliphatic heterocycles. The van der Waals surface area contributed by atoms with Crippen molar-refractivity contribution in [1.82, 2.24) is 4.98 Å². The number of ether oxygens (including phenoxy) is 1. The Morgan fingerprint density at radius 2 is 2.50 bits per heavy atom. The number of pyridine rings is 1. The molecular formula is C9H10NO2. The topological polar surface area (TPSA) is 39.2 Å². The quantitative estimate of drug-likeness (QED) is 0.672. The number of nitrogens with zero attached hydrogens (tertiary/aromatic N) is 1. The average molecular weight is 164 g/mol. The molecule has 0 fully saturated rings. The third kappa shape index (κ3) is 2.13. The summed E-state index contributed by atoms with van der Waals surface area (Å²) < 4.78 is 5.09. The summed E-state index contributed by atoms with van der Waals surface area (Å²) >= 11 is 0. The predicted molar refractivity (Wildman–Crippen MR) is 44.3 cm³/mol. The minimum Gasteiger partial charge on any atom is -0.364 e. The Bertz CT molecular complexity index is 236. The monoisotopic (exact) mass is 164 g/mol. The van der Waals surface area contributed by atoms with E-state index in [4.69, 9.17) is 4.74 Å². The van der Waals surface area contributed by atoms with Gasteiger partial charge in [-0.2, -0.15) is 0 Å². The van der Waals surface area contributed by atoms with Gasteiger partial charge >= 0.3 is 0 Å². The molecule has 0 spiro atoms. The van der Waals surface area contributed by atoms with Crippen LogP contribution in [0.1, 0.15) is 18.7 Å². The molecule has 0 aliphatic rings. The van der Waals surface area contributed by atoms with Crippen molar-refractivity contribution < 1.29 is 9.53 Å². The first-order valence-electron chi connectivity index (χ1n) is 3.78. The van der Waals surface area contributed by atoms with Gasteiger partial charge in [-0.25, -0.2) is 0 Å². The third-order valence-corrected chi connectivity index (χ3v) is 1.40. The van der Waals surface area contributed by atoms with Crippen LogP contribution in [0.25, 0.3) is 0 Å². The van der Waals surface area contributed by atoms with Crippen LogP contribution < -0.4 is 0 Å². The normalized spacial score (nSPS) is 12.4. The molecule has 1 rings (SSSR count). The lowest BCUT2D eigenvalue weighted by atomic mass is 10.2. The summed E-state index contributed by atoms with van der Waals surface area (Å²) in [5, 5.41) is 0. The van der Waals surface area contributed by atoms with Gasteiger partial charge in [0.05, 0.1) is 5.69 Å². The van der Waals surface area contributed by atoms with Crippen molar-refractivity contribution in [2.75, 3.05) is 6.61 Å². The molecule has 3 nitrogen and oxygen atoms in total. The largest absolute Gasteiger partial charge is 0.364 e. The Labute approximate surface area is 71.4 Å². The second-order valence-corrected chi connectivity index (χ2v) is 2.21. The third-order valence-electron chi connectivity index (χ3n) is 1.40. The molecule has 1 heterocycles. The summed E-state index contributed by atoms with van der Waals surface area (Å²) in [4.78, 5) is 14.4. The van der Waals surface area contributed by atoms with E-state index in [0.717, 1.165) is 0 Å². The average Bonchev–Trinajstić information content (AvgIpc) is 2.15. The van der Waals surface area contributed by atoms with Crippen molar-refractivity contribution in [3.63, 3.8) is 0 Å². The zero-order valence-electron chi connectivity index (χ0n) is 6.86. The van der Waals surface area contributed by atoms with Crippen LogP contribution in [-0.4, -0.2) is 17.9 Å². The van der Waals surface area contributed by atoms with Crippen molar-refractivity contribution in [2.24, 2.45) is 0 Å². The first kappa shape index (κ1) is 8.87. The lowest BCUT2D eigenvalue weighted by molar-refractivity contribution is 0.105. The van der Waals surface area contributed by atoms with Crippen LogP contribution in [0, 0.1) is 0 Å². The predicted octanol–water partition coefficient (Wildman–Crippen LogP) is 1.27. The van der Waals surface area contributed by atoms with E-state index in [0.29, 0.717) is 12.3 Å². The van der Waals surface area contributed by atoms with E-state index >= 15 is 0 Å². The summed E-state index contributed by atoms with van der Waals surface area (Å²) in [6.07, 6.45) is 2.77. The zero-order chi connectivity index (χ0) is 8.81. The van der Waals surface area contributed by atoms with Crippen molar-refractivity contribution in [1.29, 1.82) is 0 Å². The van der Waals surface area contributed by atoms with Gasteiger partial charge in [-0.1, -0.05) is 6.07 Å². The van der Waals surface area contributed by atoms with Gasteiger partial charge in [0, 0.05) is 12.8 Å². The molecule has 1 aromatic heterocycles. The van der Waals surface area contributed by atoms with Gasteiger partial charge in [0.15, 0.2) is 6.10 Å². The molecule has 0 saturated carbocycles.